The summed E-state index contributed by atoms with van der Waals surface area (Å²) in [5, 5.41) is 23.2. The van der Waals surface area contributed by atoms with Crippen molar-refractivity contribution in [3.05, 3.63) is 42.5 Å². The van der Waals surface area contributed by atoms with Gasteiger partial charge in [-0.15, -0.1) is 10.2 Å². The molecule has 23 heavy (non-hydrogen) atoms. The average molecular weight is 315 g/mol. The van der Waals surface area contributed by atoms with Crippen molar-refractivity contribution in [1.82, 2.24) is 25.4 Å². The Bertz CT molecular complexity index is 635. The van der Waals surface area contributed by atoms with E-state index in [4.69, 9.17) is 0 Å². The summed E-state index contributed by atoms with van der Waals surface area (Å²) < 4.78 is 1.84. The van der Waals surface area contributed by atoms with Gasteiger partial charge in [0.05, 0.1) is 12.6 Å². The molecule has 0 unspecified atom stereocenters. The number of urea groups is 1. The van der Waals surface area contributed by atoms with E-state index in [0.29, 0.717) is 12.4 Å². The Morgan fingerprint density at radius 2 is 1.96 bits per heavy atom. The smallest absolute Gasteiger partial charge is 0.315 e. The first-order chi connectivity index (χ1) is 11.2. The van der Waals surface area contributed by atoms with Crippen molar-refractivity contribution in [3.63, 3.8) is 0 Å². The van der Waals surface area contributed by atoms with Crippen molar-refractivity contribution < 1.29 is 9.90 Å². The average Bonchev–Trinajstić information content (AvgIpc) is 3.04. The van der Waals surface area contributed by atoms with Gasteiger partial charge < -0.3 is 15.7 Å². The van der Waals surface area contributed by atoms with Crippen LogP contribution < -0.4 is 10.6 Å². The number of aliphatic hydroxyl groups excluding tert-OH is 1. The monoisotopic (exact) mass is 315 g/mol. The Balaban J connectivity index is 1.53. The Labute approximate surface area is 134 Å². The highest BCUT2D eigenvalue weighted by atomic mass is 16.3. The third-order valence-electron chi connectivity index (χ3n) is 4.09. The van der Waals surface area contributed by atoms with Crippen LogP contribution in [0.25, 0.3) is 5.69 Å². The molecule has 1 fully saturated rings. The number of carbonyl (C=O) groups is 1. The molecule has 0 atom stereocenters. The van der Waals surface area contributed by atoms with E-state index in [1.54, 1.807) is 6.33 Å². The van der Waals surface area contributed by atoms with Crippen LogP contribution in [0.15, 0.2) is 36.7 Å². The molecule has 1 saturated carbocycles. The molecule has 0 aliphatic heterocycles. The second-order valence-corrected chi connectivity index (χ2v) is 5.79. The third-order valence-corrected chi connectivity index (χ3v) is 4.09. The van der Waals surface area contributed by atoms with Gasteiger partial charge in [-0.2, -0.15) is 0 Å². The zero-order valence-corrected chi connectivity index (χ0v) is 12.9. The Hall–Kier alpha value is -2.41. The molecule has 7 heteroatoms. The highest BCUT2D eigenvalue weighted by molar-refractivity contribution is 5.74. The number of hydrogen-bond acceptors (Lipinski definition) is 4. The zero-order valence-electron chi connectivity index (χ0n) is 12.9. The number of para-hydroxylation sites is 1. The van der Waals surface area contributed by atoms with Gasteiger partial charge >= 0.3 is 6.03 Å². The summed E-state index contributed by atoms with van der Waals surface area (Å²) in [5.41, 5.74) is 0.955. The van der Waals surface area contributed by atoms with Crippen LogP contribution in [0, 0.1) is 0 Å². The number of aromatic nitrogens is 3. The summed E-state index contributed by atoms with van der Waals surface area (Å²) in [6.07, 6.45) is 4.53. The highest BCUT2D eigenvalue weighted by Gasteiger charge is 2.20. The maximum Gasteiger partial charge on any atom is 0.315 e. The lowest BCUT2D eigenvalue weighted by molar-refractivity contribution is 0.117. The molecule has 3 rings (SSSR count). The largest absolute Gasteiger partial charge is 0.393 e. The number of aliphatic hydroxyl groups is 1. The van der Waals surface area contributed by atoms with Crippen molar-refractivity contribution in [2.75, 3.05) is 0 Å². The molecule has 7 nitrogen and oxygen atoms in total. The van der Waals surface area contributed by atoms with Crippen molar-refractivity contribution in [1.29, 1.82) is 0 Å². The van der Waals surface area contributed by atoms with E-state index < -0.39 is 0 Å². The molecule has 1 heterocycles. The van der Waals surface area contributed by atoms with Crippen LogP contribution >= 0.6 is 0 Å². The van der Waals surface area contributed by atoms with Gasteiger partial charge in [-0.3, -0.25) is 4.57 Å². The summed E-state index contributed by atoms with van der Waals surface area (Å²) in [6, 6.07) is 9.66. The van der Waals surface area contributed by atoms with Crippen LogP contribution in [0.5, 0.6) is 0 Å². The molecule has 0 saturated heterocycles. The fourth-order valence-corrected chi connectivity index (χ4v) is 2.80. The zero-order chi connectivity index (χ0) is 16.1. The first-order valence-electron chi connectivity index (χ1n) is 7.89. The van der Waals surface area contributed by atoms with Gasteiger partial charge in [0.2, 0.25) is 0 Å². The lowest BCUT2D eigenvalue weighted by Crippen LogP contribution is -2.44. The van der Waals surface area contributed by atoms with E-state index in [9.17, 15) is 9.90 Å². The number of rotatable bonds is 4. The quantitative estimate of drug-likeness (QED) is 0.794. The molecular weight excluding hydrogens is 294 g/mol. The van der Waals surface area contributed by atoms with Gasteiger partial charge in [0.15, 0.2) is 5.82 Å². The second kappa shape index (κ2) is 7.23. The van der Waals surface area contributed by atoms with Gasteiger partial charge in [-0.25, -0.2) is 4.79 Å². The second-order valence-electron chi connectivity index (χ2n) is 5.79. The third kappa shape index (κ3) is 4.07. The van der Waals surface area contributed by atoms with Gasteiger partial charge in [0.1, 0.15) is 6.33 Å². The molecule has 1 aromatic heterocycles. The minimum atomic E-state index is -0.222. The lowest BCUT2D eigenvalue weighted by atomic mass is 9.93. The highest BCUT2D eigenvalue weighted by Crippen LogP contribution is 2.18. The maximum absolute atomic E-state index is 12.0. The fourth-order valence-electron chi connectivity index (χ4n) is 2.80. The van der Waals surface area contributed by atoms with Crippen LogP contribution in [-0.4, -0.2) is 38.0 Å². The van der Waals surface area contributed by atoms with Crippen LogP contribution in [-0.2, 0) is 6.54 Å². The lowest BCUT2D eigenvalue weighted by Gasteiger charge is -2.26. The molecule has 2 aromatic rings. The van der Waals surface area contributed by atoms with E-state index in [-0.39, 0.29) is 18.2 Å². The molecule has 3 N–H and O–H groups in total. The van der Waals surface area contributed by atoms with E-state index in [1.165, 1.54) is 0 Å². The number of nitrogens with one attached hydrogen (secondary N) is 2. The van der Waals surface area contributed by atoms with Crippen molar-refractivity contribution in [2.45, 2.75) is 44.4 Å². The number of hydrogen-bond donors (Lipinski definition) is 3. The predicted octanol–water partition coefficient (Wildman–Crippen LogP) is 1.37. The van der Waals surface area contributed by atoms with Crippen molar-refractivity contribution >= 4 is 6.03 Å². The molecule has 1 aliphatic carbocycles. The predicted molar refractivity (Wildman–Crippen MR) is 85.0 cm³/mol. The number of carbonyl (C=O) groups excluding carboxylic acids is 1. The van der Waals surface area contributed by atoms with Crippen molar-refractivity contribution in [2.24, 2.45) is 0 Å². The van der Waals surface area contributed by atoms with Gasteiger partial charge in [-0.05, 0) is 37.8 Å². The van der Waals surface area contributed by atoms with E-state index in [0.717, 1.165) is 31.4 Å². The molecular formula is C16H21N5O2. The van der Waals surface area contributed by atoms with Crippen LogP contribution in [0.1, 0.15) is 31.5 Å². The summed E-state index contributed by atoms with van der Waals surface area (Å²) in [5.74, 6) is 0.672. The fraction of sp³-hybridized carbons (Fsp3) is 0.438. The first-order valence-corrected chi connectivity index (χ1v) is 7.89. The van der Waals surface area contributed by atoms with Crippen LogP contribution in [0.2, 0.25) is 0 Å². The molecule has 1 aliphatic rings. The number of amides is 2. The minimum absolute atomic E-state index is 0.130. The summed E-state index contributed by atoms with van der Waals surface area (Å²) in [4.78, 5) is 12.0. The van der Waals surface area contributed by atoms with Crippen molar-refractivity contribution in [3.8, 4) is 5.69 Å². The summed E-state index contributed by atoms with van der Waals surface area (Å²) >= 11 is 0. The molecule has 0 radical (unpaired) electrons. The van der Waals surface area contributed by atoms with E-state index >= 15 is 0 Å². The molecule has 2 amide bonds. The SMILES string of the molecule is O=C(NCc1nncn1-c1ccccc1)NC1CCC(O)CC1. The Kier molecular flexibility index (Phi) is 4.87. The summed E-state index contributed by atoms with van der Waals surface area (Å²) in [7, 11) is 0. The molecule has 1 aromatic carbocycles. The normalized spacial score (nSPS) is 20.9. The van der Waals surface area contributed by atoms with E-state index in [1.807, 2.05) is 34.9 Å². The first kappa shape index (κ1) is 15.5. The number of benzene rings is 1. The van der Waals surface area contributed by atoms with Crippen LogP contribution in [0.3, 0.4) is 0 Å². The van der Waals surface area contributed by atoms with Crippen LogP contribution in [0.4, 0.5) is 4.79 Å². The minimum Gasteiger partial charge on any atom is -0.393 e. The molecule has 0 bridgehead atoms. The Morgan fingerprint density at radius 3 is 2.70 bits per heavy atom. The maximum atomic E-state index is 12.0. The van der Waals surface area contributed by atoms with Gasteiger partial charge in [0.25, 0.3) is 0 Å². The molecule has 122 valence electrons. The topological polar surface area (TPSA) is 92.1 Å². The number of nitrogens with zero attached hydrogens (tertiary/aromatic N) is 3. The summed E-state index contributed by atoms with van der Waals surface area (Å²) in [6.45, 7) is 0.302. The molecule has 0 spiro atoms. The standard InChI is InChI=1S/C16H21N5O2/c22-14-8-6-12(7-9-14)19-16(23)17-10-15-20-18-11-21(15)13-4-2-1-3-5-13/h1-5,11-12,14,22H,6-10H2,(H2,17,19,23). The Morgan fingerprint density at radius 1 is 1.22 bits per heavy atom. The van der Waals surface area contributed by atoms with Gasteiger partial charge in [-0.1, -0.05) is 18.2 Å². The van der Waals surface area contributed by atoms with E-state index in [2.05, 4.69) is 20.8 Å². The van der Waals surface area contributed by atoms with Gasteiger partial charge in [0, 0.05) is 11.7 Å².